The first-order chi connectivity index (χ1) is 15.9. The largest absolute Gasteiger partial charge is 0.451 e. The summed E-state index contributed by atoms with van der Waals surface area (Å²) < 4.78 is 15.7. The van der Waals surface area contributed by atoms with Crippen LogP contribution in [0.15, 0.2) is 12.2 Å². The molecule has 1 heterocycles. The number of ketones is 2. The normalized spacial score (nSPS) is 19.2. The van der Waals surface area contributed by atoms with Crippen molar-refractivity contribution in [2.75, 3.05) is 13.7 Å². The zero-order valence-corrected chi connectivity index (χ0v) is 20.9. The van der Waals surface area contributed by atoms with Gasteiger partial charge in [-0.2, -0.15) is 0 Å². The molecule has 1 aliphatic heterocycles. The Labute approximate surface area is 200 Å². The molecule has 0 aromatic rings. The van der Waals surface area contributed by atoms with Crippen molar-refractivity contribution in [2.24, 2.45) is 5.92 Å². The Morgan fingerprint density at radius 2 is 1.71 bits per heavy atom. The van der Waals surface area contributed by atoms with Crippen LogP contribution in [0.25, 0.3) is 0 Å². The number of rotatable bonds is 14. The van der Waals surface area contributed by atoms with E-state index in [1.807, 2.05) is 13.8 Å². The quantitative estimate of drug-likeness (QED) is 0.224. The van der Waals surface area contributed by atoms with Gasteiger partial charge in [-0.25, -0.2) is 9.69 Å². The number of allylic oxidation sites excluding steroid dienone is 1. The summed E-state index contributed by atoms with van der Waals surface area (Å²) >= 11 is 0. The van der Waals surface area contributed by atoms with Crippen molar-refractivity contribution in [3.8, 4) is 0 Å². The molecule has 0 unspecified atom stereocenters. The molecule has 0 aromatic heterocycles. The van der Waals surface area contributed by atoms with Crippen LogP contribution in [0.4, 0.5) is 4.79 Å². The third-order valence-corrected chi connectivity index (χ3v) is 5.52. The summed E-state index contributed by atoms with van der Waals surface area (Å²) in [6.07, 6.45) is 0.898. The van der Waals surface area contributed by atoms with Crippen LogP contribution in [0, 0.1) is 5.92 Å². The molecule has 1 saturated heterocycles. The van der Waals surface area contributed by atoms with Crippen LogP contribution < -0.4 is 0 Å². The molecule has 1 rings (SSSR count). The molecule has 1 fully saturated rings. The number of esters is 1. The molecule has 1 N–H and O–H groups in total. The van der Waals surface area contributed by atoms with Gasteiger partial charge in [0.2, 0.25) is 0 Å². The molecule has 0 saturated carbocycles. The summed E-state index contributed by atoms with van der Waals surface area (Å²) in [5, 5.41) is 8.78. The number of nitrogens with zero attached hydrogens (tertiary/aromatic N) is 1. The van der Waals surface area contributed by atoms with Crippen LogP contribution in [0.5, 0.6) is 0 Å². The molecule has 0 aromatic carbocycles. The van der Waals surface area contributed by atoms with Crippen LogP contribution in [0.1, 0.15) is 66.7 Å². The van der Waals surface area contributed by atoms with Gasteiger partial charge in [-0.1, -0.05) is 26.7 Å². The number of methoxy groups -OCH3 is 1. The van der Waals surface area contributed by atoms with Gasteiger partial charge in [0.25, 0.3) is 5.91 Å². The van der Waals surface area contributed by atoms with E-state index in [0.717, 1.165) is 43.9 Å². The molecule has 2 amide bonds. The minimum atomic E-state index is -1.69. The summed E-state index contributed by atoms with van der Waals surface area (Å²) in [7, 11) is 1.16. The fraction of sp³-hybridized carbons (Fsp3) is 0.708. The number of imide groups is 1. The van der Waals surface area contributed by atoms with Crippen LogP contribution >= 0.6 is 0 Å². The van der Waals surface area contributed by atoms with Gasteiger partial charge < -0.3 is 19.3 Å². The highest BCUT2D eigenvalue weighted by atomic mass is 16.6. The maximum absolute atomic E-state index is 13.3. The maximum atomic E-state index is 13.3. The average Bonchev–Trinajstić information content (AvgIpc) is 2.99. The molecule has 0 aliphatic carbocycles. The van der Waals surface area contributed by atoms with E-state index >= 15 is 0 Å². The Bertz CT molecular complexity index is 787. The van der Waals surface area contributed by atoms with Crippen molar-refractivity contribution < 1.29 is 43.3 Å². The molecule has 0 radical (unpaired) electrons. The lowest BCUT2D eigenvalue weighted by Crippen LogP contribution is -2.55. The minimum Gasteiger partial charge on any atom is -0.451 e. The second kappa shape index (κ2) is 13.3. The number of aliphatic hydroxyl groups is 1. The average molecular weight is 484 g/mol. The summed E-state index contributed by atoms with van der Waals surface area (Å²) in [6, 6.07) is -0.638. The molecule has 192 valence electrons. The number of carbonyl (C=O) groups is 5. The highest BCUT2D eigenvalue weighted by molar-refractivity contribution is 6.05. The lowest BCUT2D eigenvalue weighted by molar-refractivity contribution is -0.166. The minimum absolute atomic E-state index is 0.101. The topological polar surface area (TPSA) is 137 Å². The van der Waals surface area contributed by atoms with Gasteiger partial charge in [0, 0.05) is 27.1 Å². The van der Waals surface area contributed by atoms with E-state index in [9.17, 15) is 24.0 Å². The molecule has 0 spiro atoms. The number of hydrogen-bond acceptors (Lipinski definition) is 9. The zero-order chi connectivity index (χ0) is 26.1. The smallest absolute Gasteiger partial charge is 0.417 e. The maximum Gasteiger partial charge on any atom is 0.417 e. The van der Waals surface area contributed by atoms with Gasteiger partial charge in [0.15, 0.2) is 23.8 Å². The first kappa shape index (κ1) is 29.4. The molecule has 0 bridgehead atoms. The predicted molar refractivity (Wildman–Crippen MR) is 122 cm³/mol. The molecule has 10 heteroatoms. The molecule has 34 heavy (non-hydrogen) atoms. The Kier molecular flexibility index (Phi) is 11.5. The van der Waals surface area contributed by atoms with Crippen LogP contribution in [-0.4, -0.2) is 77.1 Å². The molecule has 1 aliphatic rings. The summed E-state index contributed by atoms with van der Waals surface area (Å²) in [4.78, 5) is 63.3. The van der Waals surface area contributed by atoms with Crippen LogP contribution in [0.3, 0.4) is 0 Å². The fourth-order valence-electron chi connectivity index (χ4n) is 4.14. The number of ether oxygens (including phenoxy) is 3. The lowest BCUT2D eigenvalue weighted by atomic mass is 9.88. The number of hydrogen-bond donors (Lipinski definition) is 1. The predicted octanol–water partition coefficient (Wildman–Crippen LogP) is 2.35. The van der Waals surface area contributed by atoms with Gasteiger partial charge in [0.05, 0.1) is 6.04 Å². The van der Waals surface area contributed by atoms with Gasteiger partial charge in [-0.05, 0) is 44.8 Å². The van der Waals surface area contributed by atoms with Gasteiger partial charge >= 0.3 is 12.1 Å². The van der Waals surface area contributed by atoms with Crippen LogP contribution in [0.2, 0.25) is 0 Å². The van der Waals surface area contributed by atoms with Crippen molar-refractivity contribution in [1.82, 2.24) is 4.90 Å². The first-order valence-corrected chi connectivity index (χ1v) is 11.5. The van der Waals surface area contributed by atoms with E-state index in [-0.39, 0.29) is 24.7 Å². The number of aliphatic hydroxyl groups excluding tert-OH is 1. The van der Waals surface area contributed by atoms with E-state index in [1.54, 1.807) is 13.8 Å². The number of carbonyl (C=O) groups excluding carboxylic acids is 5. The van der Waals surface area contributed by atoms with Crippen molar-refractivity contribution in [3.63, 3.8) is 0 Å². The van der Waals surface area contributed by atoms with E-state index in [2.05, 4.69) is 0 Å². The third-order valence-electron chi connectivity index (χ3n) is 5.52. The van der Waals surface area contributed by atoms with Crippen molar-refractivity contribution in [3.05, 3.63) is 12.2 Å². The number of cyclic esters (lactones) is 1. The highest BCUT2D eigenvalue weighted by Crippen LogP contribution is 2.35. The zero-order valence-electron chi connectivity index (χ0n) is 20.9. The Balaban J connectivity index is 3.04. The van der Waals surface area contributed by atoms with E-state index in [1.165, 1.54) is 0 Å². The number of amides is 2. The fourth-order valence-corrected chi connectivity index (χ4v) is 4.14. The molecule has 10 nitrogen and oxygen atoms in total. The van der Waals surface area contributed by atoms with E-state index in [0.29, 0.717) is 12.8 Å². The monoisotopic (exact) mass is 483 g/mol. The first-order valence-electron chi connectivity index (χ1n) is 11.5. The Morgan fingerprint density at radius 3 is 2.24 bits per heavy atom. The van der Waals surface area contributed by atoms with Gasteiger partial charge in [-0.15, -0.1) is 0 Å². The highest BCUT2D eigenvalue weighted by Gasteiger charge is 2.54. The summed E-state index contributed by atoms with van der Waals surface area (Å²) in [5.41, 5.74) is -0.969. The summed E-state index contributed by atoms with van der Waals surface area (Å²) in [5.74, 6) is -3.00. The van der Waals surface area contributed by atoms with Crippen molar-refractivity contribution >= 4 is 29.5 Å². The van der Waals surface area contributed by atoms with E-state index < -0.39 is 47.6 Å². The molecular formula is C24H37NO9. The van der Waals surface area contributed by atoms with Crippen molar-refractivity contribution in [2.45, 2.75) is 90.6 Å². The Hall–Kier alpha value is -2.59. The third kappa shape index (κ3) is 8.02. The second-order valence-corrected chi connectivity index (χ2v) is 9.14. The van der Waals surface area contributed by atoms with Gasteiger partial charge in [-0.3, -0.25) is 19.2 Å². The van der Waals surface area contributed by atoms with E-state index in [4.69, 9.17) is 19.3 Å². The lowest BCUT2D eigenvalue weighted by Gasteiger charge is -2.33. The summed E-state index contributed by atoms with van der Waals surface area (Å²) in [6.45, 7) is 8.18. The van der Waals surface area contributed by atoms with Crippen LogP contribution in [-0.2, 0) is 33.4 Å². The standard InChI is InChI=1S/C24H37NO9/c1-15(2)21-24(4,5)34-23(31)25(21)22(30)20(32-6)19(33-16(3)27)18(29)13-12-17(28)11-9-7-8-10-14-26/h12-13,15,19-21,26H,7-11,14H2,1-6H3/t19-,20+,21+/m0/s1. The molecular weight excluding hydrogens is 446 g/mol. The van der Waals surface area contributed by atoms with Gasteiger partial charge in [0.1, 0.15) is 5.60 Å². The number of unbranched alkanes of at least 4 members (excludes halogenated alkanes) is 3. The van der Waals surface area contributed by atoms with Crippen molar-refractivity contribution in [1.29, 1.82) is 0 Å². The SMILES string of the molecule is CO[C@@H](C(=O)N1C(=O)OC(C)(C)[C@H]1C(C)C)[C@@H](OC(C)=O)C(=O)C=CC(=O)CCCCCCO. The molecule has 3 atom stereocenters. The Morgan fingerprint density at radius 1 is 1.09 bits per heavy atom. The second-order valence-electron chi connectivity index (χ2n) is 9.14.